The number of fused-ring (bicyclic) bond motifs is 2. The first-order valence-corrected chi connectivity index (χ1v) is 9.50. The SMILES string of the molecule is Cc1sc2nc(-c3ccc4c(c3)CCN4)cn2c1-c1ccc(Cl)cc1. The zero-order valence-corrected chi connectivity index (χ0v) is 15.3. The molecule has 124 valence electrons. The van der Waals surface area contributed by atoms with Crippen molar-refractivity contribution >= 4 is 33.6 Å². The van der Waals surface area contributed by atoms with Crippen LogP contribution in [0.5, 0.6) is 0 Å². The molecule has 0 amide bonds. The lowest BCUT2D eigenvalue weighted by Gasteiger charge is -2.03. The summed E-state index contributed by atoms with van der Waals surface area (Å²) in [4.78, 5) is 7.15. The van der Waals surface area contributed by atoms with Crippen molar-refractivity contribution < 1.29 is 0 Å². The summed E-state index contributed by atoms with van der Waals surface area (Å²) in [7, 11) is 0. The number of halogens is 1. The summed E-state index contributed by atoms with van der Waals surface area (Å²) >= 11 is 7.77. The van der Waals surface area contributed by atoms with Gasteiger partial charge in [-0.1, -0.05) is 29.8 Å². The molecule has 2 aromatic carbocycles. The van der Waals surface area contributed by atoms with Crippen LogP contribution >= 0.6 is 22.9 Å². The Morgan fingerprint density at radius 2 is 1.92 bits per heavy atom. The van der Waals surface area contributed by atoms with E-state index in [2.05, 4.69) is 53.2 Å². The van der Waals surface area contributed by atoms with Gasteiger partial charge in [0.25, 0.3) is 0 Å². The first kappa shape index (κ1) is 15.0. The van der Waals surface area contributed by atoms with Crippen LogP contribution < -0.4 is 5.32 Å². The lowest BCUT2D eigenvalue weighted by molar-refractivity contribution is 1.11. The Kier molecular flexibility index (Phi) is 3.37. The van der Waals surface area contributed by atoms with E-state index in [0.29, 0.717) is 0 Å². The second kappa shape index (κ2) is 5.61. The van der Waals surface area contributed by atoms with Crippen LogP contribution in [-0.2, 0) is 6.42 Å². The molecule has 0 saturated carbocycles. The molecule has 3 nitrogen and oxygen atoms in total. The van der Waals surface area contributed by atoms with Crippen molar-refractivity contribution in [2.45, 2.75) is 13.3 Å². The maximum atomic E-state index is 6.04. The van der Waals surface area contributed by atoms with Gasteiger partial charge in [-0.3, -0.25) is 4.40 Å². The van der Waals surface area contributed by atoms with E-state index >= 15 is 0 Å². The highest BCUT2D eigenvalue weighted by atomic mass is 35.5. The number of aryl methyl sites for hydroxylation is 1. The Labute approximate surface area is 154 Å². The molecular weight excluding hydrogens is 350 g/mol. The summed E-state index contributed by atoms with van der Waals surface area (Å²) in [5, 5.41) is 4.16. The van der Waals surface area contributed by atoms with Gasteiger partial charge in [0.1, 0.15) is 0 Å². The number of hydrogen-bond acceptors (Lipinski definition) is 3. The van der Waals surface area contributed by atoms with Crippen LogP contribution in [0.2, 0.25) is 5.02 Å². The summed E-state index contributed by atoms with van der Waals surface area (Å²) in [6, 6.07) is 14.6. The number of nitrogens with zero attached hydrogens (tertiary/aromatic N) is 2. The zero-order valence-electron chi connectivity index (χ0n) is 13.7. The zero-order chi connectivity index (χ0) is 17.0. The Hall–Kier alpha value is -2.30. The van der Waals surface area contributed by atoms with Crippen molar-refractivity contribution in [1.29, 1.82) is 0 Å². The summed E-state index contributed by atoms with van der Waals surface area (Å²) in [5.74, 6) is 0. The van der Waals surface area contributed by atoms with Gasteiger partial charge >= 0.3 is 0 Å². The quantitative estimate of drug-likeness (QED) is 0.496. The minimum absolute atomic E-state index is 0.756. The van der Waals surface area contributed by atoms with Gasteiger partial charge in [0.05, 0.1) is 11.4 Å². The molecule has 0 atom stereocenters. The second-order valence-corrected chi connectivity index (χ2v) is 7.96. The molecule has 1 N–H and O–H groups in total. The number of thiazole rings is 1. The molecule has 4 aromatic rings. The molecule has 3 heterocycles. The fraction of sp³-hybridized carbons (Fsp3) is 0.150. The van der Waals surface area contributed by atoms with Crippen molar-refractivity contribution in [2.75, 3.05) is 11.9 Å². The Bertz CT molecular complexity index is 1090. The summed E-state index contributed by atoms with van der Waals surface area (Å²) in [6.45, 7) is 3.17. The molecule has 5 rings (SSSR count). The number of hydrogen-bond donors (Lipinski definition) is 1. The normalized spacial score (nSPS) is 13.2. The van der Waals surface area contributed by atoms with Crippen molar-refractivity contribution in [3.8, 4) is 22.5 Å². The van der Waals surface area contributed by atoms with E-state index in [0.717, 1.165) is 34.2 Å². The molecule has 0 unspecified atom stereocenters. The molecule has 0 fully saturated rings. The number of benzene rings is 2. The highest BCUT2D eigenvalue weighted by Gasteiger charge is 2.16. The molecule has 0 radical (unpaired) electrons. The van der Waals surface area contributed by atoms with E-state index in [1.807, 2.05) is 12.1 Å². The Balaban J connectivity index is 1.64. The van der Waals surface area contributed by atoms with Crippen LogP contribution in [0.25, 0.3) is 27.5 Å². The van der Waals surface area contributed by atoms with E-state index in [4.69, 9.17) is 16.6 Å². The van der Waals surface area contributed by atoms with Gasteiger partial charge in [0.15, 0.2) is 4.96 Å². The monoisotopic (exact) mass is 365 g/mol. The number of aromatic nitrogens is 2. The van der Waals surface area contributed by atoms with Crippen molar-refractivity contribution in [1.82, 2.24) is 9.38 Å². The van der Waals surface area contributed by atoms with E-state index in [9.17, 15) is 0 Å². The minimum Gasteiger partial charge on any atom is -0.384 e. The molecule has 1 aliphatic rings. The molecule has 0 bridgehead atoms. The molecule has 0 spiro atoms. The summed E-state index contributed by atoms with van der Waals surface area (Å²) < 4.78 is 2.20. The molecule has 0 aliphatic carbocycles. The fourth-order valence-corrected chi connectivity index (χ4v) is 4.60. The predicted octanol–water partition coefficient (Wildman–Crippen LogP) is 5.66. The van der Waals surface area contributed by atoms with Gasteiger partial charge in [0, 0.05) is 33.9 Å². The average molecular weight is 366 g/mol. The molecule has 5 heteroatoms. The lowest BCUT2D eigenvalue weighted by atomic mass is 10.1. The van der Waals surface area contributed by atoms with E-state index in [-0.39, 0.29) is 0 Å². The van der Waals surface area contributed by atoms with Gasteiger partial charge in [-0.05, 0) is 48.7 Å². The molecule has 2 aromatic heterocycles. The number of nitrogens with one attached hydrogen (secondary N) is 1. The average Bonchev–Trinajstić information content (AvgIpc) is 3.29. The van der Waals surface area contributed by atoms with Crippen molar-refractivity contribution in [2.24, 2.45) is 0 Å². The van der Waals surface area contributed by atoms with Gasteiger partial charge < -0.3 is 5.32 Å². The number of anilines is 1. The predicted molar refractivity (Wildman–Crippen MR) is 106 cm³/mol. The summed E-state index contributed by atoms with van der Waals surface area (Å²) in [6.07, 6.45) is 3.23. The third kappa shape index (κ3) is 2.44. The van der Waals surface area contributed by atoms with Crippen LogP contribution in [0.4, 0.5) is 5.69 Å². The lowest BCUT2D eigenvalue weighted by Crippen LogP contribution is -1.90. The molecular formula is C20H16ClN3S. The van der Waals surface area contributed by atoms with Crippen LogP contribution in [0, 0.1) is 6.92 Å². The van der Waals surface area contributed by atoms with Gasteiger partial charge in [0.2, 0.25) is 0 Å². The highest BCUT2D eigenvalue weighted by Crippen LogP contribution is 2.35. The maximum Gasteiger partial charge on any atom is 0.194 e. The van der Waals surface area contributed by atoms with Crippen LogP contribution in [0.15, 0.2) is 48.7 Å². The highest BCUT2D eigenvalue weighted by molar-refractivity contribution is 7.17. The van der Waals surface area contributed by atoms with Gasteiger partial charge in [-0.2, -0.15) is 0 Å². The van der Waals surface area contributed by atoms with Crippen molar-refractivity contribution in [3.63, 3.8) is 0 Å². The topological polar surface area (TPSA) is 29.3 Å². The minimum atomic E-state index is 0.756. The second-order valence-electron chi connectivity index (χ2n) is 6.34. The third-order valence-electron chi connectivity index (χ3n) is 4.72. The number of imidazole rings is 1. The van der Waals surface area contributed by atoms with E-state index in [1.165, 1.54) is 27.4 Å². The third-order valence-corrected chi connectivity index (χ3v) is 5.94. The largest absolute Gasteiger partial charge is 0.384 e. The fourth-order valence-electron chi connectivity index (χ4n) is 3.50. The maximum absolute atomic E-state index is 6.04. The van der Waals surface area contributed by atoms with Crippen LogP contribution in [-0.4, -0.2) is 15.9 Å². The van der Waals surface area contributed by atoms with Crippen molar-refractivity contribution in [3.05, 3.63) is 64.1 Å². The Morgan fingerprint density at radius 3 is 2.76 bits per heavy atom. The van der Waals surface area contributed by atoms with Crippen LogP contribution in [0.3, 0.4) is 0 Å². The molecule has 1 aliphatic heterocycles. The van der Waals surface area contributed by atoms with Gasteiger partial charge in [-0.25, -0.2) is 4.98 Å². The first-order chi connectivity index (χ1) is 12.2. The summed E-state index contributed by atoms with van der Waals surface area (Å²) in [5.41, 5.74) is 7.19. The first-order valence-electron chi connectivity index (χ1n) is 8.31. The smallest absolute Gasteiger partial charge is 0.194 e. The van der Waals surface area contributed by atoms with E-state index in [1.54, 1.807) is 11.3 Å². The standard InChI is InChI=1S/C20H16ClN3S/c1-12-19(13-2-5-16(21)6-3-13)24-11-18(23-20(24)25-12)14-4-7-17-15(10-14)8-9-22-17/h2-7,10-11,22H,8-9H2,1H3. The van der Waals surface area contributed by atoms with Crippen LogP contribution in [0.1, 0.15) is 10.4 Å². The molecule has 0 saturated heterocycles. The number of rotatable bonds is 2. The molecule has 25 heavy (non-hydrogen) atoms. The van der Waals surface area contributed by atoms with Gasteiger partial charge in [-0.15, -0.1) is 11.3 Å². The van der Waals surface area contributed by atoms with E-state index < -0.39 is 0 Å². The Morgan fingerprint density at radius 1 is 1.12 bits per heavy atom.